The normalized spacial score (nSPS) is 12.9. The van der Waals surface area contributed by atoms with Crippen LogP contribution in [0, 0.1) is 0 Å². The second-order valence-corrected chi connectivity index (χ2v) is 6.29. The molecule has 8 heteroatoms. The SMILES string of the molecule is CCC(=O)NC(C(=O)N(CC)CC)C(C)SC(=O)CC(=O)OC. The number of nitrogens with one attached hydrogen (secondary N) is 1. The number of nitrogens with zero attached hydrogens (tertiary/aromatic N) is 1. The second kappa shape index (κ2) is 11.0. The number of amides is 2. The lowest BCUT2D eigenvalue weighted by atomic mass is 10.1. The van der Waals surface area contributed by atoms with Gasteiger partial charge in [0.25, 0.3) is 0 Å². The van der Waals surface area contributed by atoms with Crippen LogP contribution in [0.3, 0.4) is 0 Å². The third-order valence-corrected chi connectivity index (χ3v) is 4.33. The first kappa shape index (κ1) is 21.4. The molecule has 1 N–H and O–H groups in total. The molecule has 0 saturated heterocycles. The molecule has 2 atom stereocenters. The third-order valence-electron chi connectivity index (χ3n) is 3.28. The Morgan fingerprint density at radius 3 is 2.13 bits per heavy atom. The van der Waals surface area contributed by atoms with Gasteiger partial charge in [0, 0.05) is 24.8 Å². The van der Waals surface area contributed by atoms with E-state index in [1.807, 2.05) is 13.8 Å². The van der Waals surface area contributed by atoms with Gasteiger partial charge >= 0.3 is 5.97 Å². The van der Waals surface area contributed by atoms with Crippen molar-refractivity contribution in [2.45, 2.75) is 51.8 Å². The van der Waals surface area contributed by atoms with Gasteiger partial charge in [-0.05, 0) is 13.8 Å². The van der Waals surface area contributed by atoms with Crippen LogP contribution in [-0.4, -0.2) is 59.3 Å². The van der Waals surface area contributed by atoms with Crippen molar-refractivity contribution in [3.63, 3.8) is 0 Å². The Morgan fingerprint density at radius 1 is 1.13 bits per heavy atom. The van der Waals surface area contributed by atoms with Gasteiger partial charge in [0.05, 0.1) is 7.11 Å². The molecular formula is C15H26N2O5S. The second-order valence-electron chi connectivity index (χ2n) is 4.86. The van der Waals surface area contributed by atoms with Gasteiger partial charge in [-0.2, -0.15) is 0 Å². The molecule has 2 unspecified atom stereocenters. The Bertz CT molecular complexity index is 438. The molecule has 0 radical (unpaired) electrons. The van der Waals surface area contributed by atoms with Crippen molar-refractivity contribution >= 4 is 34.7 Å². The Balaban J connectivity index is 5.03. The van der Waals surface area contributed by atoms with Gasteiger partial charge in [-0.1, -0.05) is 25.6 Å². The van der Waals surface area contributed by atoms with Crippen molar-refractivity contribution in [2.24, 2.45) is 0 Å². The van der Waals surface area contributed by atoms with E-state index in [-0.39, 0.29) is 24.7 Å². The molecule has 132 valence electrons. The first-order valence-electron chi connectivity index (χ1n) is 7.64. The first-order chi connectivity index (χ1) is 10.8. The van der Waals surface area contributed by atoms with Crippen molar-refractivity contribution in [3.05, 3.63) is 0 Å². The Morgan fingerprint density at radius 2 is 1.70 bits per heavy atom. The van der Waals surface area contributed by atoms with E-state index in [9.17, 15) is 19.2 Å². The minimum atomic E-state index is -0.811. The van der Waals surface area contributed by atoms with Gasteiger partial charge in [-0.3, -0.25) is 19.2 Å². The summed E-state index contributed by atoms with van der Waals surface area (Å²) in [6.45, 7) is 8.10. The summed E-state index contributed by atoms with van der Waals surface area (Å²) in [6, 6.07) is -0.811. The number of hydrogen-bond acceptors (Lipinski definition) is 6. The summed E-state index contributed by atoms with van der Waals surface area (Å²) in [5, 5.41) is 1.78. The average Bonchev–Trinajstić information content (AvgIpc) is 2.52. The van der Waals surface area contributed by atoms with E-state index in [2.05, 4.69) is 10.1 Å². The number of methoxy groups -OCH3 is 1. The van der Waals surface area contributed by atoms with Gasteiger partial charge in [0.2, 0.25) is 11.8 Å². The molecule has 23 heavy (non-hydrogen) atoms. The van der Waals surface area contributed by atoms with Crippen molar-refractivity contribution in [1.82, 2.24) is 10.2 Å². The van der Waals surface area contributed by atoms with Crippen LogP contribution in [0.1, 0.15) is 40.5 Å². The number of carbonyl (C=O) groups excluding carboxylic acids is 4. The Hall–Kier alpha value is -1.57. The Labute approximate surface area is 141 Å². The number of rotatable bonds is 9. The van der Waals surface area contributed by atoms with Crippen LogP contribution < -0.4 is 5.32 Å². The molecular weight excluding hydrogens is 320 g/mol. The fraction of sp³-hybridized carbons (Fsp3) is 0.733. The number of thioether (sulfide) groups is 1. The third kappa shape index (κ3) is 7.49. The van der Waals surface area contributed by atoms with Crippen LogP contribution in [0.2, 0.25) is 0 Å². The fourth-order valence-electron chi connectivity index (χ4n) is 1.89. The van der Waals surface area contributed by atoms with Gasteiger partial charge in [-0.25, -0.2) is 0 Å². The highest BCUT2D eigenvalue weighted by Crippen LogP contribution is 2.19. The lowest BCUT2D eigenvalue weighted by Crippen LogP contribution is -2.53. The van der Waals surface area contributed by atoms with Crippen LogP contribution in [0.5, 0.6) is 0 Å². The monoisotopic (exact) mass is 346 g/mol. The maximum atomic E-state index is 12.6. The zero-order valence-electron chi connectivity index (χ0n) is 14.4. The molecule has 0 aliphatic heterocycles. The van der Waals surface area contributed by atoms with E-state index in [1.165, 1.54) is 7.11 Å². The number of hydrogen-bond donors (Lipinski definition) is 1. The van der Waals surface area contributed by atoms with E-state index in [0.717, 1.165) is 11.8 Å². The highest BCUT2D eigenvalue weighted by molar-refractivity contribution is 8.14. The van der Waals surface area contributed by atoms with E-state index in [0.29, 0.717) is 13.1 Å². The van der Waals surface area contributed by atoms with Crippen LogP contribution in [0.4, 0.5) is 0 Å². The molecule has 0 aromatic carbocycles. The molecule has 0 aliphatic rings. The number of likely N-dealkylation sites (N-methyl/N-ethyl adjacent to an activating group) is 1. The van der Waals surface area contributed by atoms with Crippen molar-refractivity contribution in [1.29, 1.82) is 0 Å². The molecule has 0 saturated carbocycles. The van der Waals surface area contributed by atoms with Crippen LogP contribution in [0.15, 0.2) is 0 Å². The minimum Gasteiger partial charge on any atom is -0.469 e. The van der Waals surface area contributed by atoms with Crippen LogP contribution in [-0.2, 0) is 23.9 Å². The van der Waals surface area contributed by atoms with Crippen molar-refractivity contribution in [3.8, 4) is 0 Å². The smallest absolute Gasteiger partial charge is 0.313 e. The van der Waals surface area contributed by atoms with Crippen molar-refractivity contribution < 1.29 is 23.9 Å². The van der Waals surface area contributed by atoms with Gasteiger partial charge in [0.1, 0.15) is 12.5 Å². The zero-order valence-corrected chi connectivity index (χ0v) is 15.2. The summed E-state index contributed by atoms with van der Waals surface area (Å²) >= 11 is 0.869. The summed E-state index contributed by atoms with van der Waals surface area (Å²) in [5.41, 5.74) is 0. The lowest BCUT2D eigenvalue weighted by molar-refractivity contribution is -0.142. The zero-order chi connectivity index (χ0) is 18.0. The average molecular weight is 346 g/mol. The standard InChI is InChI=1S/C15H26N2O5S/c1-6-11(18)16-14(15(21)17(7-2)8-3)10(4)23-13(20)9-12(19)22-5/h10,14H,6-9H2,1-5H3,(H,16,18). The highest BCUT2D eigenvalue weighted by atomic mass is 32.2. The molecule has 7 nitrogen and oxygen atoms in total. The molecule has 0 aromatic rings. The minimum absolute atomic E-state index is 0.234. The molecule has 0 bridgehead atoms. The highest BCUT2D eigenvalue weighted by Gasteiger charge is 2.31. The van der Waals surface area contributed by atoms with Crippen LogP contribution >= 0.6 is 11.8 Å². The molecule has 0 spiro atoms. The molecule has 0 rings (SSSR count). The topological polar surface area (TPSA) is 92.8 Å². The molecule has 0 aliphatic carbocycles. The van der Waals surface area contributed by atoms with E-state index in [4.69, 9.17) is 0 Å². The van der Waals surface area contributed by atoms with Gasteiger partial charge in [0.15, 0.2) is 5.12 Å². The summed E-state index contributed by atoms with van der Waals surface area (Å²) in [4.78, 5) is 48.8. The van der Waals surface area contributed by atoms with Gasteiger partial charge in [-0.15, -0.1) is 0 Å². The summed E-state index contributed by atoms with van der Waals surface area (Å²) < 4.78 is 4.45. The number of ether oxygens (including phenoxy) is 1. The largest absolute Gasteiger partial charge is 0.469 e. The molecule has 2 amide bonds. The quantitative estimate of drug-likeness (QED) is 0.494. The van der Waals surface area contributed by atoms with Crippen molar-refractivity contribution in [2.75, 3.05) is 20.2 Å². The molecule has 0 fully saturated rings. The first-order valence-corrected chi connectivity index (χ1v) is 8.52. The predicted molar refractivity (Wildman–Crippen MR) is 88.8 cm³/mol. The maximum Gasteiger partial charge on any atom is 0.313 e. The predicted octanol–water partition coefficient (Wildman–Crippen LogP) is 0.961. The maximum absolute atomic E-state index is 12.6. The van der Waals surface area contributed by atoms with E-state index in [1.54, 1.807) is 18.7 Å². The molecule has 0 heterocycles. The summed E-state index contributed by atoms with van der Waals surface area (Å²) in [5.74, 6) is -1.12. The fourth-order valence-corrected chi connectivity index (χ4v) is 2.83. The molecule has 0 aromatic heterocycles. The number of esters is 1. The summed E-state index contributed by atoms with van der Waals surface area (Å²) in [7, 11) is 1.21. The van der Waals surface area contributed by atoms with Crippen LogP contribution in [0.25, 0.3) is 0 Å². The van der Waals surface area contributed by atoms with E-state index >= 15 is 0 Å². The summed E-state index contributed by atoms with van der Waals surface area (Å²) in [6.07, 6.45) is -0.116. The van der Waals surface area contributed by atoms with Gasteiger partial charge < -0.3 is 15.0 Å². The van der Waals surface area contributed by atoms with E-state index < -0.39 is 22.4 Å². The number of carbonyl (C=O) groups is 4. The lowest BCUT2D eigenvalue weighted by Gasteiger charge is -2.29. The Kier molecular flexibility index (Phi) is 10.3.